The Kier molecular flexibility index (Phi) is 4.78. The summed E-state index contributed by atoms with van der Waals surface area (Å²) in [4.78, 5) is 9.07. The van der Waals surface area contributed by atoms with Gasteiger partial charge in [-0.2, -0.15) is 5.10 Å². The Labute approximate surface area is 179 Å². The number of hydrogen-bond donors (Lipinski definition) is 0. The molecule has 2 aromatic carbocycles. The maximum Gasteiger partial charge on any atom is 0.181 e. The van der Waals surface area contributed by atoms with Gasteiger partial charge in [0.05, 0.1) is 38.0 Å². The molecule has 0 aliphatic carbocycles. The van der Waals surface area contributed by atoms with Gasteiger partial charge in [-0.3, -0.25) is 0 Å². The van der Waals surface area contributed by atoms with Gasteiger partial charge in [0.15, 0.2) is 11.6 Å². The molecule has 0 radical (unpaired) electrons. The van der Waals surface area contributed by atoms with Gasteiger partial charge >= 0.3 is 0 Å². The predicted octanol–water partition coefficient (Wildman–Crippen LogP) is 4.01. The van der Waals surface area contributed by atoms with Gasteiger partial charge in [0.1, 0.15) is 17.7 Å². The van der Waals surface area contributed by atoms with Crippen molar-refractivity contribution < 1.29 is 13.9 Å². The van der Waals surface area contributed by atoms with Crippen molar-refractivity contribution >= 4 is 0 Å². The number of rotatable bonds is 4. The van der Waals surface area contributed by atoms with Gasteiger partial charge in [-0.1, -0.05) is 6.07 Å². The first kappa shape index (κ1) is 19.4. The van der Waals surface area contributed by atoms with E-state index in [1.54, 1.807) is 19.5 Å². The summed E-state index contributed by atoms with van der Waals surface area (Å²) in [5, 5.41) is 4.70. The zero-order chi connectivity index (χ0) is 21.5. The molecule has 0 bridgehead atoms. The molecule has 5 rings (SSSR count). The quantitative estimate of drug-likeness (QED) is 0.500. The average molecular weight is 419 g/mol. The maximum atomic E-state index is 13.6. The third-order valence-electron chi connectivity index (χ3n) is 5.46. The van der Waals surface area contributed by atoms with Crippen molar-refractivity contribution in [1.82, 2.24) is 24.3 Å². The van der Waals surface area contributed by atoms with Crippen molar-refractivity contribution in [1.29, 1.82) is 0 Å². The second kappa shape index (κ2) is 7.63. The number of halogens is 1. The van der Waals surface area contributed by atoms with Crippen LogP contribution in [0.5, 0.6) is 5.75 Å². The molecule has 1 aliphatic rings. The van der Waals surface area contributed by atoms with E-state index in [4.69, 9.17) is 19.6 Å². The number of fused-ring (bicyclic) bond motifs is 1. The first-order valence-electron chi connectivity index (χ1n) is 10.1. The number of benzene rings is 2. The highest BCUT2D eigenvalue weighted by molar-refractivity contribution is 5.63. The summed E-state index contributed by atoms with van der Waals surface area (Å²) in [6.07, 6.45) is 3.32. The minimum atomic E-state index is -0.384. The molecule has 4 aromatic rings. The molecule has 0 amide bonds. The average Bonchev–Trinajstić information content (AvgIpc) is 3.39. The van der Waals surface area contributed by atoms with Crippen LogP contribution in [0.4, 0.5) is 4.39 Å². The molecule has 1 atom stereocenters. The molecule has 3 heterocycles. The van der Waals surface area contributed by atoms with Crippen molar-refractivity contribution in [2.24, 2.45) is 0 Å². The molecule has 0 fully saturated rings. The number of aromatic nitrogens is 5. The second-order valence-corrected chi connectivity index (χ2v) is 7.58. The lowest BCUT2D eigenvalue weighted by Crippen LogP contribution is -2.24. The first-order valence-corrected chi connectivity index (χ1v) is 10.1. The van der Waals surface area contributed by atoms with Crippen molar-refractivity contribution in [3.8, 4) is 22.8 Å². The summed E-state index contributed by atoms with van der Waals surface area (Å²) >= 11 is 0. The molecule has 0 spiro atoms. The fourth-order valence-electron chi connectivity index (χ4n) is 3.91. The van der Waals surface area contributed by atoms with E-state index in [0.29, 0.717) is 30.5 Å². The number of methoxy groups -OCH3 is 1. The van der Waals surface area contributed by atoms with Crippen LogP contribution in [0.25, 0.3) is 17.1 Å². The van der Waals surface area contributed by atoms with Gasteiger partial charge in [0, 0.05) is 11.8 Å². The zero-order valence-corrected chi connectivity index (χ0v) is 17.5. The normalized spacial score (nSPS) is 15.7. The van der Waals surface area contributed by atoms with Crippen LogP contribution in [0.2, 0.25) is 0 Å². The summed E-state index contributed by atoms with van der Waals surface area (Å²) < 4.78 is 29.0. The van der Waals surface area contributed by atoms with E-state index in [2.05, 4.69) is 4.98 Å². The molecular formula is C23H22FN5O2. The highest BCUT2D eigenvalue weighted by Gasteiger charge is 2.28. The summed E-state index contributed by atoms with van der Waals surface area (Å²) in [7, 11) is 1.64. The largest absolute Gasteiger partial charge is 0.495 e. The zero-order valence-electron chi connectivity index (χ0n) is 17.5. The van der Waals surface area contributed by atoms with Crippen molar-refractivity contribution in [2.45, 2.75) is 26.5 Å². The van der Waals surface area contributed by atoms with Gasteiger partial charge in [-0.05, 0) is 55.3 Å². The molecule has 31 heavy (non-hydrogen) atoms. The summed E-state index contributed by atoms with van der Waals surface area (Å²) in [6, 6.07) is 10.6. The van der Waals surface area contributed by atoms with Gasteiger partial charge in [0.25, 0.3) is 0 Å². The van der Waals surface area contributed by atoms with Crippen molar-refractivity contribution in [2.75, 3.05) is 13.7 Å². The predicted molar refractivity (Wildman–Crippen MR) is 113 cm³/mol. The first-order chi connectivity index (χ1) is 15.0. The smallest absolute Gasteiger partial charge is 0.181 e. The molecule has 7 nitrogen and oxygen atoms in total. The van der Waals surface area contributed by atoms with Crippen LogP contribution in [0.3, 0.4) is 0 Å². The topological polar surface area (TPSA) is 67.0 Å². The third-order valence-corrected chi connectivity index (χ3v) is 5.46. The van der Waals surface area contributed by atoms with Gasteiger partial charge in [-0.15, -0.1) is 0 Å². The van der Waals surface area contributed by atoms with Crippen molar-refractivity contribution in [3.05, 3.63) is 77.4 Å². The number of hydrogen-bond acceptors (Lipinski definition) is 5. The number of imidazole rings is 1. The lowest BCUT2D eigenvalue weighted by Gasteiger charge is -2.24. The molecular weight excluding hydrogens is 397 g/mol. The highest BCUT2D eigenvalue weighted by Crippen LogP contribution is 2.33. The fraction of sp³-hybridized carbons (Fsp3) is 0.261. The minimum absolute atomic E-state index is 0.264. The number of ether oxygens (including phenoxy) is 2. The SMILES string of the molecule is COc1cc(-c2nc3n(n2)CCO[C@H]3c2ccc(F)cc2C)ccc1-n1cnc(C)c1. The van der Waals surface area contributed by atoms with E-state index >= 15 is 0 Å². The minimum Gasteiger partial charge on any atom is -0.495 e. The van der Waals surface area contributed by atoms with Gasteiger partial charge < -0.3 is 14.0 Å². The fourth-order valence-corrected chi connectivity index (χ4v) is 3.91. The molecule has 1 aliphatic heterocycles. The van der Waals surface area contributed by atoms with E-state index in [9.17, 15) is 4.39 Å². The molecule has 8 heteroatoms. The van der Waals surface area contributed by atoms with Crippen LogP contribution < -0.4 is 4.74 Å². The van der Waals surface area contributed by atoms with E-state index in [1.165, 1.54) is 12.1 Å². The molecule has 0 N–H and O–H groups in total. The Hall–Kier alpha value is -3.52. The molecule has 2 aromatic heterocycles. The molecule has 0 unspecified atom stereocenters. The summed E-state index contributed by atoms with van der Waals surface area (Å²) in [5.41, 5.74) is 4.37. The van der Waals surface area contributed by atoms with Gasteiger partial charge in [0.2, 0.25) is 0 Å². The van der Waals surface area contributed by atoms with Crippen LogP contribution in [-0.4, -0.2) is 38.0 Å². The Morgan fingerprint density at radius 1 is 1.16 bits per heavy atom. The van der Waals surface area contributed by atoms with E-state index in [1.807, 2.05) is 47.5 Å². The van der Waals surface area contributed by atoms with Crippen LogP contribution in [0.15, 0.2) is 48.9 Å². The number of nitrogens with zero attached hydrogens (tertiary/aromatic N) is 5. The van der Waals surface area contributed by atoms with Crippen molar-refractivity contribution in [3.63, 3.8) is 0 Å². The van der Waals surface area contributed by atoms with Gasteiger partial charge in [-0.25, -0.2) is 19.0 Å². The van der Waals surface area contributed by atoms with E-state index < -0.39 is 0 Å². The standard InChI is InChI=1S/C23H22FN5O2/c1-14-10-17(24)5-6-18(14)21-23-26-22(27-29(23)8-9-31-21)16-4-7-19(20(11-16)30-3)28-12-15(2)25-13-28/h4-7,10-13,21H,8-9H2,1-3H3/t21-/m0/s1. The van der Waals surface area contributed by atoms with Crippen LogP contribution in [-0.2, 0) is 11.3 Å². The Morgan fingerprint density at radius 2 is 2.03 bits per heavy atom. The van der Waals surface area contributed by atoms with Crippen LogP contribution in [0, 0.1) is 19.7 Å². The number of aryl methyl sites for hydroxylation is 2. The van der Waals surface area contributed by atoms with E-state index in [-0.39, 0.29) is 11.9 Å². The van der Waals surface area contributed by atoms with Crippen LogP contribution in [0.1, 0.15) is 28.7 Å². The van der Waals surface area contributed by atoms with Crippen LogP contribution >= 0.6 is 0 Å². The lowest BCUT2D eigenvalue weighted by atomic mass is 10.0. The summed E-state index contributed by atoms with van der Waals surface area (Å²) in [6.45, 7) is 4.94. The maximum absolute atomic E-state index is 13.6. The third kappa shape index (κ3) is 3.48. The highest BCUT2D eigenvalue weighted by atomic mass is 19.1. The second-order valence-electron chi connectivity index (χ2n) is 7.58. The Bertz CT molecular complexity index is 1260. The van der Waals surface area contributed by atoms with E-state index in [0.717, 1.165) is 28.1 Å². The molecule has 0 saturated heterocycles. The Balaban J connectivity index is 1.53. The monoisotopic (exact) mass is 419 g/mol. The summed E-state index contributed by atoms with van der Waals surface area (Å²) in [5.74, 6) is 1.74. The lowest BCUT2D eigenvalue weighted by molar-refractivity contribution is 0.0386. The Morgan fingerprint density at radius 3 is 2.77 bits per heavy atom. The molecule has 158 valence electrons. The molecule has 0 saturated carbocycles.